The fourth-order valence-electron chi connectivity index (χ4n) is 6.01. The van der Waals surface area contributed by atoms with E-state index in [-0.39, 0.29) is 35.6 Å². The van der Waals surface area contributed by atoms with Gasteiger partial charge in [0.15, 0.2) is 0 Å². The summed E-state index contributed by atoms with van der Waals surface area (Å²) in [5.41, 5.74) is 1.73. The molecule has 1 unspecified atom stereocenters. The van der Waals surface area contributed by atoms with Crippen molar-refractivity contribution in [3.8, 4) is 11.3 Å². The van der Waals surface area contributed by atoms with E-state index in [0.29, 0.717) is 18.0 Å². The maximum Gasteiger partial charge on any atom is 0.266 e. The van der Waals surface area contributed by atoms with Crippen LogP contribution in [-0.2, 0) is 9.53 Å². The maximum atomic E-state index is 13.5. The van der Waals surface area contributed by atoms with Crippen LogP contribution in [0.3, 0.4) is 0 Å². The van der Waals surface area contributed by atoms with E-state index in [1.165, 1.54) is 17.8 Å². The summed E-state index contributed by atoms with van der Waals surface area (Å²) in [6, 6.07) is 10.1. The number of carbonyl (C=O) groups is 2. The molecule has 32 heavy (non-hydrogen) atoms. The number of rotatable bonds is 3. The lowest BCUT2D eigenvalue weighted by Gasteiger charge is -2.48. The Morgan fingerprint density at radius 1 is 1.06 bits per heavy atom. The van der Waals surface area contributed by atoms with Crippen molar-refractivity contribution in [1.82, 2.24) is 14.8 Å². The second-order valence-corrected chi connectivity index (χ2v) is 11.0. The van der Waals surface area contributed by atoms with E-state index in [2.05, 4.69) is 4.98 Å². The van der Waals surface area contributed by atoms with Gasteiger partial charge in [-0.2, -0.15) is 0 Å². The fourth-order valence-corrected chi connectivity index (χ4v) is 6.90. The number of likely N-dealkylation sites (tertiary alicyclic amines) is 2. The minimum absolute atomic E-state index is 0.0167. The first-order valence-electron chi connectivity index (χ1n) is 11.9. The minimum Gasteiger partial charge on any atom is -0.362 e. The molecule has 3 saturated heterocycles. The standard InChI is InChI=1S/C25H29N3O3S/c1-16-26-21(17-7-3-2-4-8-17)22(32-16)24(30)28-15-18-13-19(28)14-27(18)23(29)20-9-5-10-25(31-20)11-6-12-25/h2-4,7-8,18-20H,5-6,9-15H2,1H3/t18-,19-,20?/m0/s1. The van der Waals surface area contributed by atoms with Crippen LogP contribution in [0.25, 0.3) is 11.3 Å². The van der Waals surface area contributed by atoms with Crippen molar-refractivity contribution < 1.29 is 14.3 Å². The predicted octanol–water partition coefficient (Wildman–Crippen LogP) is 4.04. The summed E-state index contributed by atoms with van der Waals surface area (Å²) in [4.78, 5) is 36.2. The molecule has 0 N–H and O–H groups in total. The van der Waals surface area contributed by atoms with E-state index in [1.54, 1.807) is 0 Å². The summed E-state index contributed by atoms with van der Waals surface area (Å²) in [6.45, 7) is 3.18. The number of fused-ring (bicyclic) bond motifs is 2. The van der Waals surface area contributed by atoms with Gasteiger partial charge in [0.25, 0.3) is 11.8 Å². The molecule has 1 aromatic heterocycles. The molecule has 1 spiro atoms. The molecule has 0 radical (unpaired) electrons. The molecule has 2 bridgehead atoms. The number of carbonyl (C=O) groups excluding carboxylic acids is 2. The van der Waals surface area contributed by atoms with E-state index in [9.17, 15) is 9.59 Å². The Balaban J connectivity index is 1.16. The van der Waals surface area contributed by atoms with Crippen LogP contribution in [0.4, 0.5) is 0 Å². The number of aryl methyl sites for hydroxylation is 1. The quantitative estimate of drug-likeness (QED) is 0.707. The van der Waals surface area contributed by atoms with Gasteiger partial charge < -0.3 is 14.5 Å². The monoisotopic (exact) mass is 451 g/mol. The molecule has 6 rings (SSSR count). The molecule has 2 aromatic rings. The van der Waals surface area contributed by atoms with Gasteiger partial charge in [0.1, 0.15) is 11.0 Å². The number of nitrogens with zero attached hydrogens (tertiary/aromatic N) is 3. The summed E-state index contributed by atoms with van der Waals surface area (Å²) in [7, 11) is 0. The lowest BCUT2D eigenvalue weighted by molar-refractivity contribution is -0.188. The third-order valence-corrected chi connectivity index (χ3v) is 8.75. The van der Waals surface area contributed by atoms with Gasteiger partial charge in [-0.3, -0.25) is 9.59 Å². The topological polar surface area (TPSA) is 62.7 Å². The SMILES string of the molecule is Cc1nc(-c2ccccc2)c(C(=O)N2C[C@@H]3C[C@H]2CN3C(=O)C2CCCC3(CCC3)O2)s1. The Kier molecular flexibility index (Phi) is 4.88. The van der Waals surface area contributed by atoms with Crippen molar-refractivity contribution >= 4 is 23.2 Å². The molecule has 6 nitrogen and oxygen atoms in total. The van der Waals surface area contributed by atoms with Crippen molar-refractivity contribution in [2.24, 2.45) is 0 Å². The Labute approximate surface area is 192 Å². The van der Waals surface area contributed by atoms with Crippen LogP contribution < -0.4 is 0 Å². The minimum atomic E-state index is -0.290. The largest absolute Gasteiger partial charge is 0.362 e. The number of hydrogen-bond acceptors (Lipinski definition) is 5. The van der Waals surface area contributed by atoms with Crippen LogP contribution in [0.5, 0.6) is 0 Å². The zero-order valence-electron chi connectivity index (χ0n) is 18.5. The number of amides is 2. The van der Waals surface area contributed by atoms with Gasteiger partial charge in [0, 0.05) is 18.7 Å². The normalized spacial score (nSPS) is 28.2. The lowest BCUT2D eigenvalue weighted by atomic mass is 9.74. The first-order chi connectivity index (χ1) is 15.5. The van der Waals surface area contributed by atoms with Crippen LogP contribution >= 0.6 is 11.3 Å². The molecule has 2 amide bonds. The second-order valence-electron chi connectivity index (χ2n) is 9.80. The van der Waals surface area contributed by atoms with Crippen LogP contribution in [0, 0.1) is 6.92 Å². The zero-order chi connectivity index (χ0) is 21.9. The van der Waals surface area contributed by atoms with E-state index in [0.717, 1.165) is 54.8 Å². The molecule has 4 fully saturated rings. The van der Waals surface area contributed by atoms with E-state index in [4.69, 9.17) is 4.74 Å². The van der Waals surface area contributed by atoms with Crippen LogP contribution in [-0.4, -0.2) is 63.5 Å². The average Bonchev–Trinajstić information content (AvgIpc) is 3.52. The van der Waals surface area contributed by atoms with Crippen molar-refractivity contribution in [2.45, 2.75) is 75.7 Å². The molecule has 3 atom stereocenters. The van der Waals surface area contributed by atoms with Crippen molar-refractivity contribution in [3.05, 3.63) is 40.2 Å². The van der Waals surface area contributed by atoms with E-state index < -0.39 is 0 Å². The Morgan fingerprint density at radius 2 is 1.78 bits per heavy atom. The van der Waals surface area contributed by atoms with Crippen molar-refractivity contribution in [3.63, 3.8) is 0 Å². The van der Waals surface area contributed by atoms with Crippen LogP contribution in [0.15, 0.2) is 30.3 Å². The third-order valence-electron chi connectivity index (χ3n) is 7.79. The van der Waals surface area contributed by atoms with Gasteiger partial charge in [0.05, 0.1) is 28.4 Å². The van der Waals surface area contributed by atoms with E-state index >= 15 is 0 Å². The maximum absolute atomic E-state index is 13.5. The smallest absolute Gasteiger partial charge is 0.266 e. The lowest BCUT2D eigenvalue weighted by Crippen LogP contribution is -2.56. The summed E-state index contributed by atoms with van der Waals surface area (Å²) in [5, 5.41) is 0.896. The highest BCUT2D eigenvalue weighted by Gasteiger charge is 2.51. The number of piperazine rings is 1. The van der Waals surface area contributed by atoms with Gasteiger partial charge in [-0.25, -0.2) is 4.98 Å². The number of thiazole rings is 1. The molecule has 1 aromatic carbocycles. The molecule has 4 heterocycles. The summed E-state index contributed by atoms with van der Waals surface area (Å²) in [5.74, 6) is 0.200. The highest BCUT2D eigenvalue weighted by molar-refractivity contribution is 7.14. The van der Waals surface area contributed by atoms with E-state index in [1.807, 2.05) is 47.1 Å². The number of aromatic nitrogens is 1. The number of hydrogen-bond donors (Lipinski definition) is 0. The Hall–Kier alpha value is -2.25. The molecule has 4 aliphatic rings. The summed E-state index contributed by atoms with van der Waals surface area (Å²) in [6.07, 6.45) is 7.01. The highest BCUT2D eigenvalue weighted by Crippen LogP contribution is 2.45. The Morgan fingerprint density at radius 3 is 2.47 bits per heavy atom. The number of benzene rings is 1. The summed E-state index contributed by atoms with van der Waals surface area (Å²) < 4.78 is 6.32. The molecule has 1 saturated carbocycles. The molecular weight excluding hydrogens is 422 g/mol. The van der Waals surface area contributed by atoms with Gasteiger partial charge in [-0.15, -0.1) is 11.3 Å². The first-order valence-corrected chi connectivity index (χ1v) is 12.7. The molecule has 7 heteroatoms. The van der Waals surface area contributed by atoms with Gasteiger partial charge >= 0.3 is 0 Å². The van der Waals surface area contributed by atoms with Gasteiger partial charge in [-0.05, 0) is 51.9 Å². The third kappa shape index (κ3) is 3.28. The predicted molar refractivity (Wildman–Crippen MR) is 123 cm³/mol. The van der Waals surface area contributed by atoms with Crippen LogP contribution in [0.1, 0.15) is 59.6 Å². The molecular formula is C25H29N3O3S. The van der Waals surface area contributed by atoms with Gasteiger partial charge in [-0.1, -0.05) is 30.3 Å². The van der Waals surface area contributed by atoms with Crippen molar-refractivity contribution in [1.29, 1.82) is 0 Å². The van der Waals surface area contributed by atoms with Gasteiger partial charge in [0.2, 0.25) is 0 Å². The molecule has 1 aliphatic carbocycles. The summed E-state index contributed by atoms with van der Waals surface area (Å²) >= 11 is 1.47. The average molecular weight is 452 g/mol. The highest BCUT2D eigenvalue weighted by atomic mass is 32.1. The van der Waals surface area contributed by atoms with Crippen molar-refractivity contribution in [2.75, 3.05) is 13.1 Å². The second kappa shape index (κ2) is 7.66. The fraction of sp³-hybridized carbons (Fsp3) is 0.560. The zero-order valence-corrected chi connectivity index (χ0v) is 19.3. The Bertz CT molecular complexity index is 1050. The number of ether oxygens (including phenoxy) is 1. The van der Waals surface area contributed by atoms with Crippen LogP contribution in [0.2, 0.25) is 0 Å². The molecule has 3 aliphatic heterocycles. The molecule has 168 valence electrons. The first kappa shape index (κ1) is 20.4.